The summed E-state index contributed by atoms with van der Waals surface area (Å²) < 4.78 is 0. The lowest BCUT2D eigenvalue weighted by atomic mass is 10.0. The van der Waals surface area contributed by atoms with Gasteiger partial charge in [0.1, 0.15) is 29.3 Å². The molecule has 0 saturated carbocycles. The number of hydrogen-bond acceptors (Lipinski definition) is 8. The highest BCUT2D eigenvalue weighted by Gasteiger charge is 2.25. The number of anilines is 2. The molecule has 23 heavy (non-hydrogen) atoms. The number of hydrogen-bond donors (Lipinski definition) is 2. The minimum Gasteiger partial charge on any atom is -0.395 e. The third-order valence-electron chi connectivity index (χ3n) is 3.88. The Morgan fingerprint density at radius 1 is 1.09 bits per heavy atom. The number of nitriles is 3. The number of piperazine rings is 1. The summed E-state index contributed by atoms with van der Waals surface area (Å²) in [5, 5.41) is 36.6. The molecule has 0 radical (unpaired) electrons. The van der Waals surface area contributed by atoms with E-state index in [9.17, 15) is 10.5 Å². The zero-order valence-electron chi connectivity index (χ0n) is 12.7. The third kappa shape index (κ3) is 3.32. The number of nitrogen functional groups attached to an aromatic ring is 1. The Morgan fingerprint density at radius 2 is 1.74 bits per heavy atom. The molecular weight excluding hydrogens is 294 g/mol. The SMILES string of the molecule is N#CCc1c(C#N)c(N)nc(N2CCN(CCO)CC2)c1C#N. The van der Waals surface area contributed by atoms with E-state index in [1.54, 1.807) is 0 Å². The molecule has 0 spiro atoms. The first-order valence-corrected chi connectivity index (χ1v) is 7.23. The van der Waals surface area contributed by atoms with Gasteiger partial charge in [-0.3, -0.25) is 4.90 Å². The van der Waals surface area contributed by atoms with Crippen LogP contribution in [-0.2, 0) is 6.42 Å². The second kappa shape index (κ2) is 7.42. The van der Waals surface area contributed by atoms with Crippen molar-refractivity contribution in [2.75, 3.05) is 50.0 Å². The Morgan fingerprint density at radius 3 is 2.26 bits per heavy atom. The number of nitrogens with zero attached hydrogens (tertiary/aromatic N) is 6. The molecular formula is C15H17N7O. The summed E-state index contributed by atoms with van der Waals surface area (Å²) in [5.41, 5.74) is 6.54. The number of aromatic nitrogens is 1. The van der Waals surface area contributed by atoms with Gasteiger partial charge in [0.2, 0.25) is 0 Å². The van der Waals surface area contributed by atoms with Crippen LogP contribution < -0.4 is 10.6 Å². The maximum atomic E-state index is 9.48. The lowest BCUT2D eigenvalue weighted by Gasteiger charge is -2.35. The first-order valence-electron chi connectivity index (χ1n) is 7.23. The Labute approximate surface area is 134 Å². The maximum absolute atomic E-state index is 9.48. The normalized spacial score (nSPS) is 14.8. The number of rotatable bonds is 4. The van der Waals surface area contributed by atoms with Crippen LogP contribution in [0.2, 0.25) is 0 Å². The van der Waals surface area contributed by atoms with E-state index in [4.69, 9.17) is 16.1 Å². The highest BCUT2D eigenvalue weighted by Crippen LogP contribution is 2.28. The molecule has 0 aliphatic carbocycles. The van der Waals surface area contributed by atoms with Gasteiger partial charge >= 0.3 is 0 Å². The van der Waals surface area contributed by atoms with E-state index in [0.29, 0.717) is 31.0 Å². The van der Waals surface area contributed by atoms with Crippen molar-refractivity contribution in [3.8, 4) is 18.2 Å². The summed E-state index contributed by atoms with van der Waals surface area (Å²) in [4.78, 5) is 8.29. The lowest BCUT2D eigenvalue weighted by Crippen LogP contribution is -2.47. The fourth-order valence-electron chi connectivity index (χ4n) is 2.69. The fraction of sp³-hybridized carbons (Fsp3) is 0.467. The summed E-state index contributed by atoms with van der Waals surface area (Å²) in [6.45, 7) is 3.47. The van der Waals surface area contributed by atoms with Gasteiger partial charge in [0.15, 0.2) is 0 Å². The van der Waals surface area contributed by atoms with Crippen molar-refractivity contribution in [1.29, 1.82) is 15.8 Å². The predicted molar refractivity (Wildman–Crippen MR) is 83.1 cm³/mol. The average molecular weight is 311 g/mol. The van der Waals surface area contributed by atoms with Crippen LogP contribution in [0.4, 0.5) is 11.6 Å². The molecule has 1 aliphatic rings. The minimum absolute atomic E-state index is 0.0459. The molecule has 118 valence electrons. The Kier molecular flexibility index (Phi) is 5.32. The number of β-amino-alcohol motifs (C(OH)–C–C–N with tert-alkyl or cyclic N) is 1. The van der Waals surface area contributed by atoms with Crippen molar-refractivity contribution >= 4 is 11.6 Å². The fourth-order valence-corrected chi connectivity index (χ4v) is 2.69. The standard InChI is InChI=1S/C15H17N7O/c16-2-1-11-12(9-17)14(19)20-15(13(11)10-18)22-5-3-21(4-6-22)7-8-23/h23H,1,3-8H2,(H2,19,20). The monoisotopic (exact) mass is 311 g/mol. The van der Waals surface area contributed by atoms with Gasteiger partial charge in [0.25, 0.3) is 0 Å². The van der Waals surface area contributed by atoms with E-state index < -0.39 is 0 Å². The molecule has 8 nitrogen and oxygen atoms in total. The van der Waals surface area contributed by atoms with Gasteiger partial charge in [0.05, 0.1) is 24.7 Å². The summed E-state index contributed by atoms with van der Waals surface area (Å²) >= 11 is 0. The Balaban J connectivity index is 2.39. The molecule has 2 rings (SSSR count). The molecule has 1 aromatic heterocycles. The maximum Gasteiger partial charge on any atom is 0.149 e. The van der Waals surface area contributed by atoms with Gasteiger partial charge in [-0.25, -0.2) is 4.98 Å². The number of aliphatic hydroxyl groups excluding tert-OH is 1. The molecule has 0 atom stereocenters. The first kappa shape index (κ1) is 16.5. The Bertz CT molecular complexity index is 702. The van der Waals surface area contributed by atoms with Crippen LogP contribution in [0.15, 0.2) is 0 Å². The summed E-state index contributed by atoms with van der Waals surface area (Å²) in [6, 6.07) is 5.98. The second-order valence-electron chi connectivity index (χ2n) is 5.16. The number of pyridine rings is 1. The Hall–Kier alpha value is -2.86. The molecule has 0 unspecified atom stereocenters. The highest BCUT2D eigenvalue weighted by atomic mass is 16.3. The number of aliphatic hydroxyl groups is 1. The van der Waals surface area contributed by atoms with Crippen molar-refractivity contribution < 1.29 is 5.11 Å². The molecule has 1 fully saturated rings. The van der Waals surface area contributed by atoms with Gasteiger partial charge in [-0.1, -0.05) is 0 Å². The molecule has 1 aliphatic heterocycles. The predicted octanol–water partition coefficient (Wildman–Crippen LogP) is -0.412. The van der Waals surface area contributed by atoms with Gasteiger partial charge in [-0.2, -0.15) is 15.8 Å². The van der Waals surface area contributed by atoms with Crippen LogP contribution in [0.1, 0.15) is 16.7 Å². The molecule has 8 heteroatoms. The topological polar surface area (TPSA) is 137 Å². The quantitative estimate of drug-likeness (QED) is 0.765. The average Bonchev–Trinajstić information content (AvgIpc) is 2.56. The molecule has 0 aromatic carbocycles. The van der Waals surface area contributed by atoms with E-state index >= 15 is 0 Å². The van der Waals surface area contributed by atoms with E-state index in [1.807, 2.05) is 17.0 Å². The molecule has 1 saturated heterocycles. The van der Waals surface area contributed by atoms with E-state index in [0.717, 1.165) is 13.1 Å². The molecule has 0 amide bonds. The van der Waals surface area contributed by atoms with Crippen LogP contribution in [0.25, 0.3) is 0 Å². The van der Waals surface area contributed by atoms with Crippen molar-refractivity contribution in [3.63, 3.8) is 0 Å². The second-order valence-corrected chi connectivity index (χ2v) is 5.16. The van der Waals surface area contributed by atoms with Crippen molar-refractivity contribution in [3.05, 3.63) is 16.7 Å². The van der Waals surface area contributed by atoms with E-state index in [2.05, 4.69) is 16.0 Å². The van der Waals surface area contributed by atoms with Gasteiger partial charge in [-0.05, 0) is 0 Å². The van der Waals surface area contributed by atoms with Gasteiger partial charge < -0.3 is 15.7 Å². The van der Waals surface area contributed by atoms with Crippen LogP contribution in [0.3, 0.4) is 0 Å². The largest absolute Gasteiger partial charge is 0.395 e. The van der Waals surface area contributed by atoms with Gasteiger partial charge in [-0.15, -0.1) is 0 Å². The molecule has 0 bridgehead atoms. The number of nitrogens with two attached hydrogens (primary N) is 1. The molecule has 3 N–H and O–H groups in total. The minimum atomic E-state index is -0.0595. The van der Waals surface area contributed by atoms with E-state index in [1.165, 1.54) is 0 Å². The third-order valence-corrected chi connectivity index (χ3v) is 3.88. The van der Waals surface area contributed by atoms with Crippen LogP contribution in [-0.4, -0.2) is 54.3 Å². The summed E-state index contributed by atoms with van der Waals surface area (Å²) in [5.74, 6) is 0.474. The zero-order valence-corrected chi connectivity index (χ0v) is 12.7. The van der Waals surface area contributed by atoms with Crippen molar-refractivity contribution in [1.82, 2.24) is 9.88 Å². The molecule has 1 aromatic rings. The van der Waals surface area contributed by atoms with Gasteiger partial charge in [0, 0.05) is 38.3 Å². The first-order chi connectivity index (χ1) is 11.2. The van der Waals surface area contributed by atoms with Crippen LogP contribution in [0, 0.1) is 34.0 Å². The zero-order chi connectivity index (χ0) is 16.8. The smallest absolute Gasteiger partial charge is 0.149 e. The molecule has 2 heterocycles. The van der Waals surface area contributed by atoms with E-state index in [-0.39, 0.29) is 30.0 Å². The van der Waals surface area contributed by atoms with Crippen molar-refractivity contribution in [2.24, 2.45) is 0 Å². The highest BCUT2D eigenvalue weighted by molar-refractivity contribution is 5.69. The van der Waals surface area contributed by atoms with Crippen LogP contribution >= 0.6 is 0 Å². The lowest BCUT2D eigenvalue weighted by molar-refractivity contribution is 0.188. The summed E-state index contributed by atoms with van der Waals surface area (Å²) in [7, 11) is 0. The summed E-state index contributed by atoms with van der Waals surface area (Å²) in [6.07, 6.45) is -0.0595. The van der Waals surface area contributed by atoms with Crippen molar-refractivity contribution in [2.45, 2.75) is 6.42 Å². The van der Waals surface area contributed by atoms with Crippen LogP contribution in [0.5, 0.6) is 0 Å².